The van der Waals surface area contributed by atoms with Gasteiger partial charge in [0.05, 0.1) is 4.47 Å². The van der Waals surface area contributed by atoms with Crippen molar-refractivity contribution in [2.24, 2.45) is 0 Å². The van der Waals surface area contributed by atoms with Gasteiger partial charge in [-0.2, -0.15) is 5.10 Å². The number of benzene rings is 2. The molecule has 0 aliphatic carbocycles. The number of carbonyl (C=O) groups excluding carboxylic acids is 2. The third-order valence-electron chi connectivity index (χ3n) is 4.30. The van der Waals surface area contributed by atoms with E-state index in [4.69, 9.17) is 4.74 Å². The topological polar surface area (TPSA) is 85.3 Å². The van der Waals surface area contributed by atoms with Crippen LogP contribution in [-0.4, -0.2) is 27.7 Å². The Morgan fingerprint density at radius 1 is 1.20 bits per heavy atom. The number of hydrogen-bond donors (Lipinski definition) is 2. The van der Waals surface area contributed by atoms with Crippen LogP contribution in [0.5, 0.6) is 5.75 Å². The third-order valence-corrected chi connectivity index (χ3v) is 4.92. The molecule has 7 nitrogen and oxygen atoms in total. The number of nitrogens with zero attached hydrogens (tertiary/aromatic N) is 2. The van der Waals surface area contributed by atoms with Gasteiger partial charge in [-0.3, -0.25) is 14.3 Å². The minimum absolute atomic E-state index is 0.136. The first-order chi connectivity index (χ1) is 14.4. The van der Waals surface area contributed by atoms with Crippen LogP contribution in [0.1, 0.15) is 18.1 Å². The molecule has 1 aromatic heterocycles. The van der Waals surface area contributed by atoms with Crippen LogP contribution < -0.4 is 15.4 Å². The van der Waals surface area contributed by atoms with Crippen LogP contribution in [0.2, 0.25) is 0 Å². The number of amides is 2. The van der Waals surface area contributed by atoms with Crippen molar-refractivity contribution in [3.8, 4) is 5.75 Å². The second-order valence-corrected chi connectivity index (χ2v) is 7.72. The van der Waals surface area contributed by atoms with Crippen LogP contribution in [0.25, 0.3) is 0 Å². The molecule has 0 spiro atoms. The van der Waals surface area contributed by atoms with Gasteiger partial charge in [0.15, 0.2) is 6.10 Å². The van der Waals surface area contributed by atoms with Gasteiger partial charge in [0.25, 0.3) is 5.91 Å². The average molecular weight is 471 g/mol. The number of aryl methyl sites for hydroxylation is 1. The predicted octanol–water partition coefficient (Wildman–Crippen LogP) is 3.68. The quantitative estimate of drug-likeness (QED) is 0.525. The van der Waals surface area contributed by atoms with E-state index in [2.05, 4.69) is 31.7 Å². The zero-order chi connectivity index (χ0) is 21.5. The lowest BCUT2D eigenvalue weighted by Crippen LogP contribution is -2.36. The molecule has 156 valence electrons. The van der Waals surface area contributed by atoms with Crippen LogP contribution in [0.4, 0.5) is 5.69 Å². The third kappa shape index (κ3) is 6.18. The monoisotopic (exact) mass is 470 g/mol. The summed E-state index contributed by atoms with van der Waals surface area (Å²) in [7, 11) is 0. The first-order valence-corrected chi connectivity index (χ1v) is 10.3. The highest BCUT2D eigenvalue weighted by Crippen LogP contribution is 2.26. The number of ether oxygens (including phenoxy) is 1. The maximum atomic E-state index is 12.4. The first-order valence-electron chi connectivity index (χ1n) is 9.47. The smallest absolute Gasteiger partial charge is 0.261 e. The molecular formula is C22H23BrN4O3. The standard InChI is InChI=1S/C22H23BrN4O3/c1-15-7-8-20(19(23)11-15)30-16(2)22(29)24-13-17-5-3-6-18(12-17)26-21(28)14-27-10-4-9-25-27/h3-12,16H,13-14H2,1-2H3,(H,24,29)(H,26,28). The molecule has 0 aliphatic heterocycles. The van der Waals surface area contributed by atoms with Crippen LogP contribution >= 0.6 is 15.9 Å². The molecule has 3 rings (SSSR count). The molecule has 0 fully saturated rings. The molecule has 2 amide bonds. The molecule has 2 aromatic carbocycles. The van der Waals surface area contributed by atoms with Gasteiger partial charge in [0.2, 0.25) is 5.91 Å². The second-order valence-electron chi connectivity index (χ2n) is 6.86. The number of anilines is 1. The lowest BCUT2D eigenvalue weighted by molar-refractivity contribution is -0.127. The number of halogens is 1. The minimum atomic E-state index is -0.652. The van der Waals surface area contributed by atoms with E-state index in [1.165, 1.54) is 0 Å². The van der Waals surface area contributed by atoms with Gasteiger partial charge >= 0.3 is 0 Å². The SMILES string of the molecule is Cc1ccc(OC(C)C(=O)NCc2cccc(NC(=O)Cn3cccn3)c2)c(Br)c1. The highest BCUT2D eigenvalue weighted by Gasteiger charge is 2.16. The van der Waals surface area contributed by atoms with Crippen LogP contribution in [0, 0.1) is 6.92 Å². The summed E-state index contributed by atoms with van der Waals surface area (Å²) >= 11 is 3.45. The summed E-state index contributed by atoms with van der Waals surface area (Å²) in [6, 6.07) is 14.8. The molecule has 2 N–H and O–H groups in total. The Morgan fingerprint density at radius 2 is 2.03 bits per heavy atom. The van der Waals surface area contributed by atoms with Crippen molar-refractivity contribution in [3.05, 3.63) is 76.5 Å². The minimum Gasteiger partial charge on any atom is -0.480 e. The van der Waals surface area contributed by atoms with Crippen molar-refractivity contribution in [2.75, 3.05) is 5.32 Å². The van der Waals surface area contributed by atoms with Gasteiger partial charge in [-0.05, 0) is 71.2 Å². The van der Waals surface area contributed by atoms with Crippen molar-refractivity contribution in [2.45, 2.75) is 33.0 Å². The number of nitrogens with one attached hydrogen (secondary N) is 2. The molecule has 30 heavy (non-hydrogen) atoms. The van der Waals surface area contributed by atoms with Gasteiger partial charge in [0, 0.05) is 24.6 Å². The molecule has 1 heterocycles. The van der Waals surface area contributed by atoms with Crippen LogP contribution in [0.15, 0.2) is 65.4 Å². The van der Waals surface area contributed by atoms with Crippen molar-refractivity contribution < 1.29 is 14.3 Å². The van der Waals surface area contributed by atoms with E-state index < -0.39 is 6.10 Å². The fourth-order valence-electron chi connectivity index (χ4n) is 2.78. The summed E-state index contributed by atoms with van der Waals surface area (Å²) in [5.41, 5.74) is 2.62. The summed E-state index contributed by atoms with van der Waals surface area (Å²) < 4.78 is 8.11. The van der Waals surface area contributed by atoms with Crippen molar-refractivity contribution in [1.82, 2.24) is 15.1 Å². The Bertz CT molecular complexity index is 1020. The number of rotatable bonds is 8. The van der Waals surface area contributed by atoms with Crippen molar-refractivity contribution in [3.63, 3.8) is 0 Å². The van der Waals surface area contributed by atoms with Gasteiger partial charge in [0.1, 0.15) is 12.3 Å². The molecule has 3 aromatic rings. The molecule has 1 unspecified atom stereocenters. The molecule has 0 aliphatic rings. The van der Waals surface area contributed by atoms with Crippen molar-refractivity contribution in [1.29, 1.82) is 0 Å². The Balaban J connectivity index is 1.51. The lowest BCUT2D eigenvalue weighted by atomic mass is 10.2. The fraction of sp³-hybridized carbons (Fsp3) is 0.227. The Kier molecular flexibility index (Phi) is 7.24. The van der Waals surface area contributed by atoms with Gasteiger partial charge in [-0.25, -0.2) is 0 Å². The molecule has 0 radical (unpaired) electrons. The van der Waals surface area contributed by atoms with Gasteiger partial charge in [-0.15, -0.1) is 0 Å². The molecule has 0 saturated carbocycles. The van der Waals surface area contributed by atoms with Crippen LogP contribution in [0.3, 0.4) is 0 Å². The number of aromatic nitrogens is 2. The Morgan fingerprint density at radius 3 is 2.77 bits per heavy atom. The lowest BCUT2D eigenvalue weighted by Gasteiger charge is -2.16. The van der Waals surface area contributed by atoms with Crippen LogP contribution in [-0.2, 0) is 22.7 Å². The highest BCUT2D eigenvalue weighted by atomic mass is 79.9. The van der Waals surface area contributed by atoms with E-state index in [-0.39, 0.29) is 18.4 Å². The fourth-order valence-corrected chi connectivity index (χ4v) is 3.37. The van der Waals surface area contributed by atoms with E-state index >= 15 is 0 Å². The first kappa shape index (κ1) is 21.6. The maximum absolute atomic E-state index is 12.4. The molecule has 1 atom stereocenters. The predicted molar refractivity (Wildman–Crippen MR) is 118 cm³/mol. The number of carbonyl (C=O) groups is 2. The Hall–Kier alpha value is -3.13. The zero-order valence-corrected chi connectivity index (χ0v) is 18.3. The average Bonchev–Trinajstić information content (AvgIpc) is 3.21. The highest BCUT2D eigenvalue weighted by molar-refractivity contribution is 9.10. The van der Waals surface area contributed by atoms with E-state index in [1.54, 1.807) is 36.1 Å². The molecule has 0 saturated heterocycles. The van der Waals surface area contributed by atoms with E-state index in [1.807, 2.05) is 43.3 Å². The van der Waals surface area contributed by atoms with E-state index in [9.17, 15) is 9.59 Å². The summed E-state index contributed by atoms with van der Waals surface area (Å²) in [4.78, 5) is 24.5. The van der Waals surface area contributed by atoms with E-state index in [0.29, 0.717) is 18.0 Å². The van der Waals surface area contributed by atoms with Crippen molar-refractivity contribution >= 4 is 33.4 Å². The summed E-state index contributed by atoms with van der Waals surface area (Å²) in [5, 5.41) is 9.71. The van der Waals surface area contributed by atoms with Gasteiger partial charge < -0.3 is 15.4 Å². The van der Waals surface area contributed by atoms with E-state index in [0.717, 1.165) is 15.6 Å². The Labute approximate surface area is 183 Å². The maximum Gasteiger partial charge on any atom is 0.261 e. The normalized spacial score (nSPS) is 11.6. The molecule has 8 heteroatoms. The number of hydrogen-bond acceptors (Lipinski definition) is 4. The summed E-state index contributed by atoms with van der Waals surface area (Å²) in [6.07, 6.45) is 2.70. The summed E-state index contributed by atoms with van der Waals surface area (Å²) in [5.74, 6) is 0.214. The largest absolute Gasteiger partial charge is 0.480 e. The molecule has 0 bridgehead atoms. The van der Waals surface area contributed by atoms with Gasteiger partial charge in [-0.1, -0.05) is 18.2 Å². The zero-order valence-electron chi connectivity index (χ0n) is 16.8. The second kappa shape index (κ2) is 10.1. The summed E-state index contributed by atoms with van der Waals surface area (Å²) in [6.45, 7) is 4.15. The molecular weight excluding hydrogens is 448 g/mol.